The lowest BCUT2D eigenvalue weighted by atomic mass is 10.1. The Kier molecular flexibility index (Phi) is 5.47. The van der Waals surface area contributed by atoms with Crippen LogP contribution in [0.4, 0.5) is 10.1 Å². The molecule has 0 radical (unpaired) electrons. The van der Waals surface area contributed by atoms with E-state index in [2.05, 4.69) is 21.2 Å². The quantitative estimate of drug-likeness (QED) is 0.867. The van der Waals surface area contributed by atoms with Gasteiger partial charge in [-0.15, -0.1) is 0 Å². The minimum Gasteiger partial charge on any atom is -0.321 e. The third kappa shape index (κ3) is 4.37. The van der Waals surface area contributed by atoms with Crippen molar-refractivity contribution in [3.63, 3.8) is 0 Å². The second-order valence-corrected chi connectivity index (χ2v) is 5.57. The highest BCUT2D eigenvalue weighted by atomic mass is 79.9. The summed E-state index contributed by atoms with van der Waals surface area (Å²) in [7, 11) is 0. The summed E-state index contributed by atoms with van der Waals surface area (Å²) in [6.45, 7) is 0. The second kappa shape index (κ2) is 7.33. The zero-order valence-corrected chi connectivity index (χ0v) is 12.9. The minimum atomic E-state index is -0.684. The SMILES string of the molecule is N[C@@H](CCc1ccccc1)C(=O)Nc1c(F)cccc1Br. The van der Waals surface area contributed by atoms with Crippen LogP contribution in [-0.2, 0) is 11.2 Å². The number of benzene rings is 2. The first-order valence-corrected chi connectivity index (χ1v) is 7.41. The molecule has 0 aliphatic rings. The van der Waals surface area contributed by atoms with Gasteiger partial charge >= 0.3 is 0 Å². The Morgan fingerprint density at radius 3 is 2.57 bits per heavy atom. The number of para-hydroxylation sites is 1. The van der Waals surface area contributed by atoms with E-state index in [0.29, 0.717) is 17.3 Å². The predicted molar refractivity (Wildman–Crippen MR) is 85.5 cm³/mol. The number of anilines is 1. The molecule has 0 heterocycles. The molecule has 0 aliphatic carbocycles. The summed E-state index contributed by atoms with van der Waals surface area (Å²) in [6.07, 6.45) is 1.20. The van der Waals surface area contributed by atoms with E-state index in [1.54, 1.807) is 12.1 Å². The van der Waals surface area contributed by atoms with E-state index < -0.39 is 17.8 Å². The highest BCUT2D eigenvalue weighted by Gasteiger charge is 2.16. The summed E-state index contributed by atoms with van der Waals surface area (Å²) >= 11 is 3.20. The van der Waals surface area contributed by atoms with Crippen molar-refractivity contribution in [3.05, 3.63) is 64.4 Å². The number of nitrogens with one attached hydrogen (secondary N) is 1. The first-order valence-electron chi connectivity index (χ1n) is 6.62. The van der Waals surface area contributed by atoms with Crippen LogP contribution in [0.2, 0.25) is 0 Å². The highest BCUT2D eigenvalue weighted by Crippen LogP contribution is 2.25. The van der Waals surface area contributed by atoms with Crippen molar-refractivity contribution in [2.75, 3.05) is 5.32 Å². The van der Waals surface area contributed by atoms with Gasteiger partial charge in [-0.3, -0.25) is 4.79 Å². The molecule has 110 valence electrons. The molecule has 0 spiro atoms. The zero-order valence-electron chi connectivity index (χ0n) is 11.4. The number of hydrogen-bond acceptors (Lipinski definition) is 2. The van der Waals surface area contributed by atoms with Crippen LogP contribution < -0.4 is 11.1 Å². The Morgan fingerprint density at radius 2 is 1.90 bits per heavy atom. The van der Waals surface area contributed by atoms with Crippen LogP contribution in [0, 0.1) is 5.82 Å². The fourth-order valence-corrected chi connectivity index (χ4v) is 2.37. The number of halogens is 2. The van der Waals surface area contributed by atoms with Crippen LogP contribution in [0.25, 0.3) is 0 Å². The summed E-state index contributed by atoms with van der Waals surface area (Å²) in [5.41, 5.74) is 7.10. The van der Waals surface area contributed by atoms with Crippen LogP contribution in [0.1, 0.15) is 12.0 Å². The van der Waals surface area contributed by atoms with E-state index in [-0.39, 0.29) is 5.69 Å². The molecule has 0 saturated carbocycles. The van der Waals surface area contributed by atoms with Crippen molar-refractivity contribution in [1.29, 1.82) is 0 Å². The van der Waals surface area contributed by atoms with Gasteiger partial charge in [-0.25, -0.2) is 4.39 Å². The predicted octanol–water partition coefficient (Wildman–Crippen LogP) is 3.49. The highest BCUT2D eigenvalue weighted by molar-refractivity contribution is 9.10. The molecule has 0 saturated heterocycles. The molecule has 1 amide bonds. The van der Waals surface area contributed by atoms with Crippen molar-refractivity contribution in [1.82, 2.24) is 0 Å². The topological polar surface area (TPSA) is 55.1 Å². The van der Waals surface area contributed by atoms with E-state index in [0.717, 1.165) is 5.56 Å². The number of amides is 1. The van der Waals surface area contributed by atoms with Gasteiger partial charge in [-0.05, 0) is 46.5 Å². The maximum atomic E-state index is 13.6. The molecular weight excluding hydrogens is 335 g/mol. The van der Waals surface area contributed by atoms with Crippen LogP contribution in [0.15, 0.2) is 53.0 Å². The summed E-state index contributed by atoms with van der Waals surface area (Å²) in [5, 5.41) is 2.53. The Morgan fingerprint density at radius 1 is 1.19 bits per heavy atom. The van der Waals surface area contributed by atoms with Gasteiger partial charge in [0.05, 0.1) is 11.7 Å². The van der Waals surface area contributed by atoms with Gasteiger partial charge in [0, 0.05) is 4.47 Å². The average Bonchev–Trinajstić information content (AvgIpc) is 2.49. The maximum absolute atomic E-state index is 13.6. The maximum Gasteiger partial charge on any atom is 0.241 e. The summed E-state index contributed by atoms with van der Waals surface area (Å²) < 4.78 is 14.1. The number of carbonyl (C=O) groups excluding carboxylic acids is 1. The summed E-state index contributed by atoms with van der Waals surface area (Å²) in [5.74, 6) is -0.885. The van der Waals surface area contributed by atoms with E-state index >= 15 is 0 Å². The third-order valence-electron chi connectivity index (χ3n) is 3.13. The largest absolute Gasteiger partial charge is 0.321 e. The number of nitrogens with two attached hydrogens (primary N) is 1. The average molecular weight is 351 g/mol. The van der Waals surface area contributed by atoms with Gasteiger partial charge in [0.15, 0.2) is 0 Å². The minimum absolute atomic E-state index is 0.123. The molecule has 3 nitrogen and oxygen atoms in total. The fraction of sp³-hybridized carbons (Fsp3) is 0.188. The molecule has 2 aromatic rings. The van der Waals surface area contributed by atoms with Crippen molar-refractivity contribution < 1.29 is 9.18 Å². The lowest BCUT2D eigenvalue weighted by molar-refractivity contribution is -0.117. The fourth-order valence-electron chi connectivity index (χ4n) is 1.93. The molecule has 1 atom stereocenters. The lowest BCUT2D eigenvalue weighted by Gasteiger charge is -2.13. The number of rotatable bonds is 5. The Bertz CT molecular complexity index is 599. The summed E-state index contributed by atoms with van der Waals surface area (Å²) in [6, 6.07) is 13.6. The van der Waals surface area contributed by atoms with E-state index in [1.165, 1.54) is 6.07 Å². The molecular formula is C16H16BrFN2O. The normalized spacial score (nSPS) is 12.0. The molecule has 0 aliphatic heterocycles. The lowest BCUT2D eigenvalue weighted by Crippen LogP contribution is -2.36. The van der Waals surface area contributed by atoms with Crippen LogP contribution in [0.3, 0.4) is 0 Å². The molecule has 0 unspecified atom stereocenters. The summed E-state index contributed by atoms with van der Waals surface area (Å²) in [4.78, 5) is 12.0. The van der Waals surface area contributed by atoms with Crippen molar-refractivity contribution in [2.45, 2.75) is 18.9 Å². The molecule has 0 fully saturated rings. The smallest absolute Gasteiger partial charge is 0.241 e. The van der Waals surface area contributed by atoms with Gasteiger partial charge in [0.2, 0.25) is 5.91 Å². The van der Waals surface area contributed by atoms with Crippen molar-refractivity contribution in [2.24, 2.45) is 5.73 Å². The first-order chi connectivity index (χ1) is 10.1. The molecule has 2 aromatic carbocycles. The third-order valence-corrected chi connectivity index (χ3v) is 3.80. The van der Waals surface area contributed by atoms with Gasteiger partial charge < -0.3 is 11.1 Å². The van der Waals surface area contributed by atoms with Crippen LogP contribution >= 0.6 is 15.9 Å². The van der Waals surface area contributed by atoms with Crippen molar-refractivity contribution in [3.8, 4) is 0 Å². The standard InChI is InChI=1S/C16H16BrFN2O/c17-12-7-4-8-13(18)15(12)20-16(21)14(19)10-9-11-5-2-1-3-6-11/h1-8,14H,9-10,19H2,(H,20,21)/t14-/m0/s1. The van der Waals surface area contributed by atoms with Crippen LogP contribution in [-0.4, -0.2) is 11.9 Å². The van der Waals surface area contributed by atoms with E-state index in [4.69, 9.17) is 5.73 Å². The van der Waals surface area contributed by atoms with Crippen LogP contribution in [0.5, 0.6) is 0 Å². The van der Waals surface area contributed by atoms with Crippen molar-refractivity contribution >= 4 is 27.5 Å². The number of aryl methyl sites for hydroxylation is 1. The van der Waals surface area contributed by atoms with Gasteiger partial charge in [-0.1, -0.05) is 36.4 Å². The Hall–Kier alpha value is -1.72. The van der Waals surface area contributed by atoms with E-state index in [9.17, 15) is 9.18 Å². The molecule has 2 rings (SSSR count). The van der Waals surface area contributed by atoms with E-state index in [1.807, 2.05) is 30.3 Å². The molecule has 5 heteroatoms. The molecule has 3 N–H and O–H groups in total. The Labute approximate surface area is 131 Å². The van der Waals surface area contributed by atoms with Gasteiger partial charge in [0.1, 0.15) is 5.82 Å². The Balaban J connectivity index is 1.94. The second-order valence-electron chi connectivity index (χ2n) is 4.72. The number of carbonyl (C=O) groups is 1. The molecule has 0 aromatic heterocycles. The molecule has 21 heavy (non-hydrogen) atoms. The van der Waals surface area contributed by atoms with Gasteiger partial charge in [-0.2, -0.15) is 0 Å². The van der Waals surface area contributed by atoms with Gasteiger partial charge in [0.25, 0.3) is 0 Å². The molecule has 0 bridgehead atoms. The monoisotopic (exact) mass is 350 g/mol. The first kappa shape index (κ1) is 15.7. The zero-order chi connectivity index (χ0) is 15.2. The number of hydrogen-bond donors (Lipinski definition) is 2.